The van der Waals surface area contributed by atoms with Gasteiger partial charge in [0.25, 0.3) is 0 Å². The molecule has 2 rings (SSSR count). The molecule has 2 nitrogen and oxygen atoms in total. The number of aryl methyl sites for hydroxylation is 1. The van der Waals surface area contributed by atoms with Gasteiger partial charge in [-0.3, -0.25) is 0 Å². The summed E-state index contributed by atoms with van der Waals surface area (Å²) >= 11 is 0. The van der Waals surface area contributed by atoms with Crippen molar-refractivity contribution in [1.29, 1.82) is 0 Å². The summed E-state index contributed by atoms with van der Waals surface area (Å²) in [5, 5.41) is 0. The summed E-state index contributed by atoms with van der Waals surface area (Å²) in [4.78, 5) is 0. The van der Waals surface area contributed by atoms with Gasteiger partial charge in [0, 0.05) is 30.4 Å². The van der Waals surface area contributed by atoms with Crippen LogP contribution in [0.5, 0.6) is 0 Å². The maximum absolute atomic E-state index is 5.90. The Hall–Kier alpha value is -0.760. The van der Waals surface area contributed by atoms with Crippen molar-refractivity contribution in [2.45, 2.75) is 39.3 Å². The molecule has 2 N–H and O–H groups in total. The zero-order chi connectivity index (χ0) is 8.72. The van der Waals surface area contributed by atoms with E-state index in [-0.39, 0.29) is 0 Å². The number of hydrogen-bond donors (Lipinski definition) is 1. The number of nitrogens with two attached hydrogens (primary N) is 1. The third-order valence-electron chi connectivity index (χ3n) is 2.90. The number of nitrogens with zero attached hydrogens (tertiary/aromatic N) is 1. The van der Waals surface area contributed by atoms with E-state index in [2.05, 4.69) is 24.5 Å². The topological polar surface area (TPSA) is 30.9 Å². The standard InChI is InChI=1S/C10H16N2/c1-7-5-10-6-9(11)3-4-12(10)8(7)2/h5,9H,3-4,6,11H2,1-2H3. The highest BCUT2D eigenvalue weighted by atomic mass is 15.0. The highest BCUT2D eigenvalue weighted by Crippen LogP contribution is 2.20. The minimum absolute atomic E-state index is 0.381. The van der Waals surface area contributed by atoms with E-state index in [9.17, 15) is 0 Å². The number of fused-ring (bicyclic) bond motifs is 1. The van der Waals surface area contributed by atoms with Crippen molar-refractivity contribution in [3.05, 3.63) is 23.0 Å². The zero-order valence-electron chi connectivity index (χ0n) is 7.80. The van der Waals surface area contributed by atoms with E-state index in [1.54, 1.807) is 0 Å². The second-order valence-corrected chi connectivity index (χ2v) is 3.81. The van der Waals surface area contributed by atoms with Crippen LogP contribution in [0.25, 0.3) is 0 Å². The Morgan fingerprint density at radius 1 is 1.50 bits per heavy atom. The van der Waals surface area contributed by atoms with Crippen LogP contribution in [-0.2, 0) is 13.0 Å². The van der Waals surface area contributed by atoms with Gasteiger partial charge in [0.15, 0.2) is 0 Å². The highest BCUT2D eigenvalue weighted by molar-refractivity contribution is 5.27. The molecule has 0 amide bonds. The number of hydrogen-bond acceptors (Lipinski definition) is 1. The maximum atomic E-state index is 5.90. The smallest absolute Gasteiger partial charge is 0.0239 e. The summed E-state index contributed by atoms with van der Waals surface area (Å²) < 4.78 is 2.40. The monoisotopic (exact) mass is 164 g/mol. The molecule has 1 aromatic heterocycles. The van der Waals surface area contributed by atoms with Gasteiger partial charge in [-0.05, 0) is 31.9 Å². The lowest BCUT2D eigenvalue weighted by molar-refractivity contribution is 0.466. The largest absolute Gasteiger partial charge is 0.348 e. The molecule has 1 aromatic rings. The molecule has 0 fully saturated rings. The third-order valence-corrected chi connectivity index (χ3v) is 2.90. The van der Waals surface area contributed by atoms with Crippen LogP contribution in [0, 0.1) is 13.8 Å². The van der Waals surface area contributed by atoms with Gasteiger partial charge in [-0.2, -0.15) is 0 Å². The van der Waals surface area contributed by atoms with E-state index in [0.29, 0.717) is 6.04 Å². The summed E-state index contributed by atoms with van der Waals surface area (Å²) in [6, 6.07) is 2.65. The second-order valence-electron chi connectivity index (χ2n) is 3.81. The fraction of sp³-hybridized carbons (Fsp3) is 0.600. The average molecular weight is 164 g/mol. The molecule has 0 saturated heterocycles. The Labute approximate surface area is 73.4 Å². The lowest BCUT2D eigenvalue weighted by atomic mass is 10.1. The molecule has 0 aliphatic carbocycles. The summed E-state index contributed by atoms with van der Waals surface area (Å²) in [5.74, 6) is 0. The predicted octanol–water partition coefficient (Wildman–Crippen LogP) is 1.38. The Morgan fingerprint density at radius 2 is 2.25 bits per heavy atom. The molecule has 2 heteroatoms. The molecule has 0 saturated carbocycles. The molecule has 1 unspecified atom stereocenters. The van der Waals surface area contributed by atoms with Crippen molar-refractivity contribution in [2.75, 3.05) is 0 Å². The van der Waals surface area contributed by atoms with E-state index in [1.807, 2.05) is 0 Å². The first-order valence-corrected chi connectivity index (χ1v) is 4.59. The molecule has 0 bridgehead atoms. The predicted molar refractivity (Wildman–Crippen MR) is 50.2 cm³/mol. The van der Waals surface area contributed by atoms with E-state index < -0.39 is 0 Å². The summed E-state index contributed by atoms with van der Waals surface area (Å²) in [7, 11) is 0. The molecule has 12 heavy (non-hydrogen) atoms. The molecule has 1 atom stereocenters. The fourth-order valence-corrected chi connectivity index (χ4v) is 2.01. The zero-order valence-corrected chi connectivity index (χ0v) is 7.80. The van der Waals surface area contributed by atoms with Gasteiger partial charge in [0.2, 0.25) is 0 Å². The highest BCUT2D eigenvalue weighted by Gasteiger charge is 2.17. The molecular formula is C10H16N2. The van der Waals surface area contributed by atoms with Crippen LogP contribution in [0.15, 0.2) is 6.07 Å². The minimum Gasteiger partial charge on any atom is -0.348 e. The van der Waals surface area contributed by atoms with Gasteiger partial charge < -0.3 is 10.3 Å². The first-order chi connectivity index (χ1) is 5.68. The van der Waals surface area contributed by atoms with Crippen molar-refractivity contribution >= 4 is 0 Å². The van der Waals surface area contributed by atoms with E-state index in [1.165, 1.54) is 17.0 Å². The second kappa shape index (κ2) is 2.63. The summed E-state index contributed by atoms with van der Waals surface area (Å²) in [5.41, 5.74) is 10.1. The van der Waals surface area contributed by atoms with E-state index in [4.69, 9.17) is 5.73 Å². The van der Waals surface area contributed by atoms with Crippen LogP contribution in [-0.4, -0.2) is 10.6 Å². The average Bonchev–Trinajstić information content (AvgIpc) is 2.28. The van der Waals surface area contributed by atoms with Gasteiger partial charge in [-0.25, -0.2) is 0 Å². The van der Waals surface area contributed by atoms with Crippen LogP contribution >= 0.6 is 0 Å². The van der Waals surface area contributed by atoms with Crippen molar-refractivity contribution in [3.63, 3.8) is 0 Å². The lowest BCUT2D eigenvalue weighted by Crippen LogP contribution is -2.30. The summed E-state index contributed by atoms with van der Waals surface area (Å²) in [6.45, 7) is 5.47. The van der Waals surface area contributed by atoms with E-state index in [0.717, 1.165) is 19.4 Å². The van der Waals surface area contributed by atoms with Gasteiger partial charge in [-0.15, -0.1) is 0 Å². The van der Waals surface area contributed by atoms with Crippen LogP contribution in [0.2, 0.25) is 0 Å². The fourth-order valence-electron chi connectivity index (χ4n) is 2.01. The van der Waals surface area contributed by atoms with Gasteiger partial charge in [0.05, 0.1) is 0 Å². The van der Waals surface area contributed by atoms with Crippen LogP contribution in [0.4, 0.5) is 0 Å². The quantitative estimate of drug-likeness (QED) is 0.617. The molecule has 1 aliphatic rings. The van der Waals surface area contributed by atoms with E-state index >= 15 is 0 Å². The third kappa shape index (κ3) is 1.07. The molecule has 0 radical (unpaired) electrons. The molecule has 2 heterocycles. The Bertz CT molecular complexity index is 299. The minimum atomic E-state index is 0.381. The molecular weight excluding hydrogens is 148 g/mol. The lowest BCUT2D eigenvalue weighted by Gasteiger charge is -2.22. The van der Waals surface area contributed by atoms with Crippen LogP contribution in [0.3, 0.4) is 0 Å². The molecule has 66 valence electrons. The van der Waals surface area contributed by atoms with Gasteiger partial charge >= 0.3 is 0 Å². The van der Waals surface area contributed by atoms with Gasteiger partial charge in [-0.1, -0.05) is 0 Å². The van der Waals surface area contributed by atoms with Crippen molar-refractivity contribution in [2.24, 2.45) is 5.73 Å². The summed E-state index contributed by atoms with van der Waals surface area (Å²) in [6.07, 6.45) is 2.18. The number of rotatable bonds is 0. The maximum Gasteiger partial charge on any atom is 0.0239 e. The molecule has 1 aliphatic heterocycles. The molecule has 0 spiro atoms. The van der Waals surface area contributed by atoms with Crippen LogP contribution in [0.1, 0.15) is 23.4 Å². The van der Waals surface area contributed by atoms with Crippen molar-refractivity contribution in [1.82, 2.24) is 4.57 Å². The molecule has 0 aromatic carbocycles. The van der Waals surface area contributed by atoms with Crippen molar-refractivity contribution in [3.8, 4) is 0 Å². The Balaban J connectivity index is 2.43. The SMILES string of the molecule is Cc1cc2n(c1C)CCC(N)C2. The normalized spacial score (nSPS) is 22.4. The van der Waals surface area contributed by atoms with Gasteiger partial charge in [0.1, 0.15) is 0 Å². The van der Waals surface area contributed by atoms with Crippen molar-refractivity contribution < 1.29 is 0 Å². The van der Waals surface area contributed by atoms with Crippen LogP contribution < -0.4 is 5.73 Å². The first-order valence-electron chi connectivity index (χ1n) is 4.59. The Morgan fingerprint density at radius 3 is 3.00 bits per heavy atom. The first kappa shape index (κ1) is 7.87. The Kier molecular flexibility index (Phi) is 1.72. The number of aromatic nitrogens is 1.